The number of alkyl carbamates (subject to hydrolysis) is 1. The molecular weight excluding hydrogens is 505 g/mol. The third kappa shape index (κ3) is 5.56. The summed E-state index contributed by atoms with van der Waals surface area (Å²) in [7, 11) is 1.52. The first kappa shape index (κ1) is 26.5. The van der Waals surface area contributed by atoms with Gasteiger partial charge in [0, 0.05) is 31.2 Å². The van der Waals surface area contributed by atoms with Gasteiger partial charge in [0.1, 0.15) is 33.8 Å². The molecule has 1 saturated heterocycles. The van der Waals surface area contributed by atoms with Gasteiger partial charge in [0.05, 0.1) is 12.9 Å². The van der Waals surface area contributed by atoms with Crippen molar-refractivity contribution in [3.63, 3.8) is 0 Å². The topological polar surface area (TPSA) is 119 Å². The molecule has 2 aromatic heterocycles. The monoisotopic (exact) mass is 533 g/mol. The fourth-order valence-electron chi connectivity index (χ4n) is 4.58. The molecule has 0 radical (unpaired) electrons. The molecular formula is C25H29ClFN5O5. The van der Waals surface area contributed by atoms with Crippen LogP contribution in [0, 0.1) is 5.82 Å². The number of piperidine rings is 1. The molecule has 1 fully saturated rings. The van der Waals surface area contributed by atoms with Crippen LogP contribution in [0.1, 0.15) is 49.5 Å². The lowest BCUT2D eigenvalue weighted by molar-refractivity contribution is 0.0498. The van der Waals surface area contributed by atoms with Crippen LogP contribution in [0.5, 0.6) is 0 Å². The van der Waals surface area contributed by atoms with Crippen LogP contribution in [0.3, 0.4) is 0 Å². The van der Waals surface area contributed by atoms with Crippen LogP contribution in [0.25, 0.3) is 11.0 Å². The van der Waals surface area contributed by atoms with E-state index in [9.17, 15) is 23.9 Å². The molecule has 1 atom stereocenters. The molecule has 3 heterocycles. The fourth-order valence-corrected chi connectivity index (χ4v) is 4.75. The minimum absolute atomic E-state index is 0.0281. The number of carbonyl (C=O) groups is 2. The predicted molar refractivity (Wildman–Crippen MR) is 137 cm³/mol. The fraction of sp³-hybridized carbons (Fsp3) is 0.440. The standard InChI is InChI=1S/C25H29ClFN5O5/c1-25(2,3)37-24(36)29-16-6-5-9-31(12-16)21-18(23(34)35)19-20(22(33)30(4)13-28-19)32(21)11-14-10-15(27)7-8-17(14)26/h7-8,10,13,16H,5-6,9,11-12H2,1-4H3,(H,29,36)(H,34,35)/t16-/m1/s1. The number of fused-ring (bicyclic) bond motifs is 1. The number of aryl methyl sites for hydroxylation is 1. The summed E-state index contributed by atoms with van der Waals surface area (Å²) >= 11 is 6.34. The van der Waals surface area contributed by atoms with Crippen LogP contribution in [0.4, 0.5) is 15.0 Å². The number of nitrogens with one attached hydrogen (secondary N) is 1. The summed E-state index contributed by atoms with van der Waals surface area (Å²) in [6, 6.07) is 3.56. The molecule has 1 aromatic carbocycles. The molecule has 0 unspecified atom stereocenters. The molecule has 0 bridgehead atoms. The van der Waals surface area contributed by atoms with Crippen LogP contribution in [0.2, 0.25) is 5.02 Å². The van der Waals surface area contributed by atoms with Gasteiger partial charge in [-0.1, -0.05) is 11.6 Å². The molecule has 0 spiro atoms. The third-order valence-electron chi connectivity index (χ3n) is 6.09. The summed E-state index contributed by atoms with van der Waals surface area (Å²) in [5.74, 6) is -1.53. The zero-order valence-corrected chi connectivity index (χ0v) is 21.8. The number of ether oxygens (including phenoxy) is 1. The lowest BCUT2D eigenvalue weighted by atomic mass is 10.1. The molecule has 2 N–H and O–H groups in total. The number of hydrogen-bond acceptors (Lipinski definition) is 6. The highest BCUT2D eigenvalue weighted by molar-refractivity contribution is 6.31. The molecule has 1 amide bonds. The van der Waals surface area contributed by atoms with Crippen molar-refractivity contribution in [1.29, 1.82) is 0 Å². The van der Waals surface area contributed by atoms with Crippen LogP contribution in [-0.2, 0) is 18.3 Å². The van der Waals surface area contributed by atoms with Crippen molar-refractivity contribution in [3.05, 3.63) is 56.8 Å². The number of hydrogen-bond donors (Lipinski definition) is 2. The number of amides is 1. The average Bonchev–Trinajstić information content (AvgIpc) is 3.12. The molecule has 12 heteroatoms. The van der Waals surface area contributed by atoms with Crippen molar-refractivity contribution >= 4 is 40.5 Å². The molecule has 0 aliphatic carbocycles. The van der Waals surface area contributed by atoms with Crippen molar-refractivity contribution in [1.82, 2.24) is 19.4 Å². The van der Waals surface area contributed by atoms with Crippen molar-refractivity contribution in [2.24, 2.45) is 7.05 Å². The minimum Gasteiger partial charge on any atom is -0.477 e. The minimum atomic E-state index is -1.26. The maximum atomic E-state index is 14.1. The Morgan fingerprint density at radius 3 is 2.73 bits per heavy atom. The van der Waals surface area contributed by atoms with Crippen LogP contribution in [0.15, 0.2) is 29.3 Å². The molecule has 37 heavy (non-hydrogen) atoms. The van der Waals surface area contributed by atoms with E-state index in [2.05, 4.69) is 10.3 Å². The van der Waals surface area contributed by atoms with Crippen LogP contribution >= 0.6 is 11.6 Å². The predicted octanol–water partition coefficient (Wildman–Crippen LogP) is 3.77. The summed E-state index contributed by atoms with van der Waals surface area (Å²) in [6.45, 7) is 5.98. The number of halogens is 2. The van der Waals surface area contributed by atoms with E-state index in [4.69, 9.17) is 16.3 Å². The van der Waals surface area contributed by atoms with E-state index >= 15 is 0 Å². The van der Waals surface area contributed by atoms with Crippen LogP contribution < -0.4 is 15.8 Å². The van der Waals surface area contributed by atoms with E-state index in [-0.39, 0.29) is 46.6 Å². The Kier molecular flexibility index (Phi) is 7.18. The van der Waals surface area contributed by atoms with E-state index in [1.165, 1.54) is 40.7 Å². The highest BCUT2D eigenvalue weighted by Gasteiger charge is 2.33. The van der Waals surface area contributed by atoms with Gasteiger partial charge in [-0.15, -0.1) is 0 Å². The smallest absolute Gasteiger partial charge is 0.407 e. The van der Waals surface area contributed by atoms with Gasteiger partial charge < -0.3 is 29.2 Å². The van der Waals surface area contributed by atoms with Gasteiger partial charge >= 0.3 is 12.1 Å². The Balaban J connectivity index is 1.83. The van der Waals surface area contributed by atoms with Gasteiger partial charge in [0.25, 0.3) is 5.56 Å². The van der Waals surface area contributed by atoms with E-state index in [0.29, 0.717) is 24.9 Å². The SMILES string of the molecule is Cn1cnc2c(C(=O)O)c(N3CCC[C@@H](NC(=O)OC(C)(C)C)C3)n(Cc3cc(F)ccc3Cl)c2c1=O. The van der Waals surface area contributed by atoms with Gasteiger partial charge in [0.15, 0.2) is 0 Å². The third-order valence-corrected chi connectivity index (χ3v) is 6.45. The number of aromatic carboxylic acids is 1. The van der Waals surface area contributed by atoms with E-state index in [1.54, 1.807) is 20.8 Å². The second-order valence-corrected chi connectivity index (χ2v) is 10.5. The largest absolute Gasteiger partial charge is 0.477 e. The molecule has 0 saturated carbocycles. The Bertz CT molecular complexity index is 1430. The van der Waals surface area contributed by atoms with Crippen molar-refractivity contribution in [2.75, 3.05) is 18.0 Å². The molecule has 10 nitrogen and oxygen atoms in total. The number of carboxylic acids is 1. The summed E-state index contributed by atoms with van der Waals surface area (Å²) in [5.41, 5.74) is -0.787. The van der Waals surface area contributed by atoms with Gasteiger partial charge in [0.2, 0.25) is 0 Å². The molecule has 198 valence electrons. The zero-order valence-electron chi connectivity index (χ0n) is 21.0. The number of aromatic nitrogens is 3. The first-order valence-electron chi connectivity index (χ1n) is 11.8. The van der Waals surface area contributed by atoms with Crippen molar-refractivity contribution < 1.29 is 23.8 Å². The number of anilines is 1. The first-order chi connectivity index (χ1) is 17.4. The molecule has 4 rings (SSSR count). The molecule has 3 aromatic rings. The number of carbonyl (C=O) groups excluding carboxylic acids is 1. The highest BCUT2D eigenvalue weighted by Crippen LogP contribution is 2.34. The van der Waals surface area contributed by atoms with E-state index in [0.717, 1.165) is 0 Å². The summed E-state index contributed by atoms with van der Waals surface area (Å²) in [4.78, 5) is 44.2. The van der Waals surface area contributed by atoms with Crippen molar-refractivity contribution in [3.8, 4) is 0 Å². The Labute approximate surface area is 217 Å². The summed E-state index contributed by atoms with van der Waals surface area (Å²) < 4.78 is 22.2. The van der Waals surface area contributed by atoms with Gasteiger partial charge in [-0.25, -0.2) is 19.0 Å². The van der Waals surface area contributed by atoms with Crippen LogP contribution in [-0.4, -0.2) is 56.0 Å². The summed E-state index contributed by atoms with van der Waals surface area (Å²) in [6.07, 6.45) is 2.01. The van der Waals surface area contributed by atoms with Gasteiger partial charge in [-0.05, 0) is 57.4 Å². The lowest BCUT2D eigenvalue weighted by Crippen LogP contribution is -2.49. The van der Waals surface area contributed by atoms with E-state index < -0.39 is 29.0 Å². The number of nitrogens with zero attached hydrogens (tertiary/aromatic N) is 4. The van der Waals surface area contributed by atoms with E-state index in [1.807, 2.05) is 4.90 Å². The Hall–Kier alpha value is -3.60. The first-order valence-corrected chi connectivity index (χ1v) is 12.2. The molecule has 1 aliphatic rings. The Morgan fingerprint density at radius 2 is 2.05 bits per heavy atom. The van der Waals surface area contributed by atoms with Gasteiger partial charge in [-0.3, -0.25) is 4.79 Å². The second kappa shape index (κ2) is 10.0. The number of rotatable bonds is 5. The highest BCUT2D eigenvalue weighted by atomic mass is 35.5. The quantitative estimate of drug-likeness (QED) is 0.512. The maximum Gasteiger partial charge on any atom is 0.407 e. The van der Waals surface area contributed by atoms with Crippen molar-refractivity contribution in [2.45, 2.75) is 51.8 Å². The zero-order chi connectivity index (χ0) is 27.1. The average molecular weight is 534 g/mol. The normalized spacial score (nSPS) is 16.2. The second-order valence-electron chi connectivity index (χ2n) is 10.1. The van der Waals surface area contributed by atoms with Gasteiger partial charge in [-0.2, -0.15) is 0 Å². The Morgan fingerprint density at radius 1 is 1.32 bits per heavy atom. The number of benzene rings is 1. The number of carboxylic acid groups (broad SMARTS) is 1. The maximum absolute atomic E-state index is 14.1. The summed E-state index contributed by atoms with van der Waals surface area (Å²) in [5, 5.41) is 13.3. The lowest BCUT2D eigenvalue weighted by Gasteiger charge is -2.36. The molecule has 1 aliphatic heterocycles.